The smallest absolute Gasteiger partial charge is 0.128 e. The number of hydrogen-bond acceptors (Lipinski definition) is 4. The van der Waals surface area contributed by atoms with E-state index < -0.39 is 0 Å². The Morgan fingerprint density at radius 2 is 2.10 bits per heavy atom. The van der Waals surface area contributed by atoms with Crippen LogP contribution in [0, 0.1) is 0 Å². The molecule has 0 bridgehead atoms. The molecule has 2 atom stereocenters. The molecule has 2 saturated heterocycles. The molecule has 2 fully saturated rings. The Morgan fingerprint density at radius 1 is 1.25 bits per heavy atom. The predicted molar refractivity (Wildman–Crippen MR) is 83.1 cm³/mol. The third kappa shape index (κ3) is 2.81. The minimum Gasteiger partial charge on any atom is -0.355 e. The lowest BCUT2D eigenvalue weighted by Gasteiger charge is -2.26. The van der Waals surface area contributed by atoms with Crippen molar-refractivity contribution < 1.29 is 0 Å². The van der Waals surface area contributed by atoms with Crippen LogP contribution in [0.1, 0.15) is 37.8 Å². The van der Waals surface area contributed by atoms with Crippen LogP contribution in [0.5, 0.6) is 0 Å². The molecule has 4 nitrogen and oxygen atoms in total. The third-order valence-electron chi connectivity index (χ3n) is 4.83. The Labute approximate surface area is 122 Å². The molecule has 2 unspecified atom stereocenters. The molecule has 1 aromatic heterocycles. The van der Waals surface area contributed by atoms with Gasteiger partial charge in [0, 0.05) is 37.9 Å². The Balaban J connectivity index is 1.71. The van der Waals surface area contributed by atoms with E-state index >= 15 is 0 Å². The highest BCUT2D eigenvalue weighted by molar-refractivity contribution is 5.40. The van der Waals surface area contributed by atoms with E-state index in [9.17, 15) is 0 Å². The summed E-state index contributed by atoms with van der Waals surface area (Å²) in [5.74, 6) is 1.14. The van der Waals surface area contributed by atoms with Crippen LogP contribution in [0.4, 0.5) is 5.82 Å². The van der Waals surface area contributed by atoms with Gasteiger partial charge in [-0.15, -0.1) is 0 Å². The van der Waals surface area contributed by atoms with Gasteiger partial charge in [-0.3, -0.25) is 4.90 Å². The summed E-state index contributed by atoms with van der Waals surface area (Å²) in [6, 6.07) is 5.51. The van der Waals surface area contributed by atoms with E-state index in [-0.39, 0.29) is 0 Å². The van der Waals surface area contributed by atoms with Gasteiger partial charge in [0.25, 0.3) is 0 Å². The molecule has 20 heavy (non-hydrogen) atoms. The molecule has 110 valence electrons. The molecule has 0 radical (unpaired) electrons. The Hall–Kier alpha value is -1.13. The molecular formula is C16H26N4. The van der Waals surface area contributed by atoms with E-state index in [2.05, 4.69) is 34.2 Å². The fourth-order valence-electron chi connectivity index (χ4n) is 3.42. The van der Waals surface area contributed by atoms with Gasteiger partial charge in [-0.1, -0.05) is 6.07 Å². The van der Waals surface area contributed by atoms with Gasteiger partial charge < -0.3 is 10.2 Å². The molecule has 0 saturated carbocycles. The fourth-order valence-corrected chi connectivity index (χ4v) is 3.42. The van der Waals surface area contributed by atoms with E-state index in [4.69, 9.17) is 4.98 Å². The summed E-state index contributed by atoms with van der Waals surface area (Å²) in [5, 5.41) is 3.26. The average molecular weight is 274 g/mol. The van der Waals surface area contributed by atoms with Crippen LogP contribution >= 0.6 is 0 Å². The SMILES string of the molecule is CNC(C)c1ccc(N2CCCN3CCCC3C2)nc1. The van der Waals surface area contributed by atoms with Gasteiger partial charge in [0.05, 0.1) is 0 Å². The summed E-state index contributed by atoms with van der Waals surface area (Å²) in [6.45, 7) is 7.01. The topological polar surface area (TPSA) is 31.4 Å². The minimum atomic E-state index is 0.367. The van der Waals surface area contributed by atoms with E-state index in [1.54, 1.807) is 0 Å². The summed E-state index contributed by atoms with van der Waals surface area (Å²) in [4.78, 5) is 9.83. The standard InChI is InChI=1S/C16H26N4/c1-13(17-2)14-6-7-16(18-11-14)20-10-4-9-19-8-3-5-15(19)12-20/h6-7,11,13,15,17H,3-5,8-10,12H2,1-2H3. The lowest BCUT2D eigenvalue weighted by molar-refractivity contribution is 0.273. The largest absolute Gasteiger partial charge is 0.355 e. The second-order valence-corrected chi connectivity index (χ2v) is 6.09. The van der Waals surface area contributed by atoms with Crippen molar-refractivity contribution in [2.75, 3.05) is 38.1 Å². The molecule has 3 rings (SSSR count). The van der Waals surface area contributed by atoms with Crippen LogP contribution in [0.3, 0.4) is 0 Å². The summed E-state index contributed by atoms with van der Waals surface area (Å²) in [6.07, 6.45) is 6.00. The van der Waals surface area contributed by atoms with E-state index in [0.29, 0.717) is 6.04 Å². The van der Waals surface area contributed by atoms with Gasteiger partial charge in [-0.05, 0) is 51.4 Å². The van der Waals surface area contributed by atoms with Gasteiger partial charge in [0.1, 0.15) is 5.82 Å². The lowest BCUT2D eigenvalue weighted by atomic mass is 10.1. The third-order valence-corrected chi connectivity index (χ3v) is 4.83. The zero-order chi connectivity index (χ0) is 13.9. The van der Waals surface area contributed by atoms with Crippen molar-refractivity contribution in [1.82, 2.24) is 15.2 Å². The van der Waals surface area contributed by atoms with Crippen LogP contribution < -0.4 is 10.2 Å². The molecule has 2 aliphatic rings. The second-order valence-electron chi connectivity index (χ2n) is 6.09. The maximum absolute atomic E-state index is 4.69. The molecule has 1 aromatic rings. The Morgan fingerprint density at radius 3 is 2.85 bits per heavy atom. The number of anilines is 1. The molecule has 2 aliphatic heterocycles. The molecule has 0 spiro atoms. The minimum absolute atomic E-state index is 0.367. The van der Waals surface area contributed by atoms with Gasteiger partial charge >= 0.3 is 0 Å². The number of hydrogen-bond donors (Lipinski definition) is 1. The van der Waals surface area contributed by atoms with Crippen molar-refractivity contribution >= 4 is 5.82 Å². The molecule has 0 amide bonds. The van der Waals surface area contributed by atoms with Gasteiger partial charge in [-0.25, -0.2) is 4.98 Å². The maximum atomic E-state index is 4.69. The quantitative estimate of drug-likeness (QED) is 0.914. The zero-order valence-electron chi connectivity index (χ0n) is 12.7. The first-order chi connectivity index (χ1) is 9.78. The highest BCUT2D eigenvalue weighted by Crippen LogP contribution is 2.24. The summed E-state index contributed by atoms with van der Waals surface area (Å²) < 4.78 is 0. The monoisotopic (exact) mass is 274 g/mol. The van der Waals surface area contributed by atoms with Crippen molar-refractivity contribution in [2.45, 2.75) is 38.3 Å². The molecule has 0 aliphatic carbocycles. The number of rotatable bonds is 3. The number of aromatic nitrogens is 1. The van der Waals surface area contributed by atoms with Crippen LogP contribution in [0.25, 0.3) is 0 Å². The van der Waals surface area contributed by atoms with Crippen molar-refractivity contribution in [3.63, 3.8) is 0 Å². The maximum Gasteiger partial charge on any atom is 0.128 e. The average Bonchev–Trinajstić information content (AvgIpc) is 2.83. The van der Waals surface area contributed by atoms with E-state index in [1.807, 2.05) is 13.2 Å². The van der Waals surface area contributed by atoms with Gasteiger partial charge in [-0.2, -0.15) is 0 Å². The highest BCUT2D eigenvalue weighted by atomic mass is 15.3. The molecular weight excluding hydrogens is 248 g/mol. The summed E-state index contributed by atoms with van der Waals surface area (Å²) >= 11 is 0. The van der Waals surface area contributed by atoms with Crippen LogP contribution in [0.2, 0.25) is 0 Å². The first kappa shape index (κ1) is 13.8. The molecule has 0 aromatic carbocycles. The van der Waals surface area contributed by atoms with Crippen LogP contribution in [-0.4, -0.2) is 49.2 Å². The first-order valence-electron chi connectivity index (χ1n) is 7.90. The summed E-state index contributed by atoms with van der Waals surface area (Å²) in [7, 11) is 1.99. The van der Waals surface area contributed by atoms with Crippen molar-refractivity contribution in [3.05, 3.63) is 23.9 Å². The lowest BCUT2D eigenvalue weighted by Crippen LogP contribution is -2.36. The number of nitrogens with zero attached hydrogens (tertiary/aromatic N) is 3. The van der Waals surface area contributed by atoms with E-state index in [1.165, 1.54) is 37.9 Å². The van der Waals surface area contributed by atoms with Gasteiger partial charge in [0.15, 0.2) is 0 Å². The Kier molecular flexibility index (Phi) is 4.22. The van der Waals surface area contributed by atoms with Crippen LogP contribution in [-0.2, 0) is 0 Å². The Bertz CT molecular complexity index is 431. The van der Waals surface area contributed by atoms with Crippen molar-refractivity contribution in [1.29, 1.82) is 0 Å². The van der Waals surface area contributed by atoms with E-state index in [0.717, 1.165) is 24.9 Å². The first-order valence-corrected chi connectivity index (χ1v) is 7.90. The summed E-state index contributed by atoms with van der Waals surface area (Å²) in [5.41, 5.74) is 1.26. The molecule has 4 heteroatoms. The molecule has 1 N–H and O–H groups in total. The van der Waals surface area contributed by atoms with Gasteiger partial charge in [0.2, 0.25) is 0 Å². The fraction of sp³-hybridized carbons (Fsp3) is 0.688. The van der Waals surface area contributed by atoms with Crippen molar-refractivity contribution in [3.8, 4) is 0 Å². The van der Waals surface area contributed by atoms with Crippen LogP contribution in [0.15, 0.2) is 18.3 Å². The number of fused-ring (bicyclic) bond motifs is 1. The normalized spacial score (nSPS) is 25.3. The predicted octanol–water partition coefficient (Wildman–Crippen LogP) is 2.04. The zero-order valence-corrected chi connectivity index (χ0v) is 12.7. The molecule has 3 heterocycles. The van der Waals surface area contributed by atoms with Crippen molar-refractivity contribution in [2.24, 2.45) is 0 Å². The number of nitrogens with one attached hydrogen (secondary N) is 1. The highest BCUT2D eigenvalue weighted by Gasteiger charge is 2.29. The second kappa shape index (κ2) is 6.10. The number of pyridine rings is 1.